The third kappa shape index (κ3) is 3.77. The highest BCUT2D eigenvalue weighted by Crippen LogP contribution is 2.57. The number of piperidine rings is 1. The van der Waals surface area contributed by atoms with Crippen molar-refractivity contribution >= 4 is 23.4 Å². The molecule has 2 aromatic heterocycles. The highest BCUT2D eigenvalue weighted by molar-refractivity contribution is 6.30. The lowest BCUT2D eigenvalue weighted by atomic mass is 10.1. The van der Waals surface area contributed by atoms with Crippen molar-refractivity contribution in [2.24, 2.45) is 17.0 Å². The van der Waals surface area contributed by atoms with E-state index < -0.39 is 0 Å². The quantitative estimate of drug-likeness (QED) is 0.594. The Morgan fingerprint density at radius 2 is 1.88 bits per heavy atom. The number of benzene rings is 1. The molecular weight excluding hydrogens is 428 g/mol. The average Bonchev–Trinajstić information content (AvgIpc) is 3.35. The van der Waals surface area contributed by atoms with Crippen LogP contribution in [0.15, 0.2) is 48.0 Å². The Morgan fingerprint density at radius 3 is 2.59 bits per heavy atom. The number of aromatic nitrogens is 5. The van der Waals surface area contributed by atoms with Crippen LogP contribution in [0.25, 0.3) is 0 Å². The fraction of sp³-hybridized carbons (Fsp3) is 0.409. The van der Waals surface area contributed by atoms with Crippen LogP contribution >= 0.6 is 11.6 Å². The van der Waals surface area contributed by atoms with Gasteiger partial charge in [-0.15, -0.1) is 0 Å². The zero-order valence-corrected chi connectivity index (χ0v) is 18.1. The van der Waals surface area contributed by atoms with Crippen molar-refractivity contribution in [1.82, 2.24) is 30.3 Å². The number of nitrogens with zero attached hydrogens (tertiary/aromatic N) is 6. The lowest BCUT2D eigenvalue weighted by molar-refractivity contribution is 0.0850. The molecule has 9 nitrogen and oxygen atoms in total. The van der Waals surface area contributed by atoms with Crippen LogP contribution in [0.5, 0.6) is 0 Å². The Morgan fingerprint density at radius 1 is 1.09 bits per heavy atom. The number of rotatable bonds is 6. The molecule has 2 fully saturated rings. The maximum atomic E-state index is 5.93. The molecule has 3 aromatic rings. The summed E-state index contributed by atoms with van der Waals surface area (Å²) in [4.78, 5) is 16.9. The molecule has 0 spiro atoms. The lowest BCUT2D eigenvalue weighted by Crippen LogP contribution is -2.30. The standard InChI is InChI=1S/C22H23ClN8O/c23-15-3-1-13(2-4-15)5-6-24-22-25-8-14(9-26-22)19-7-20(29-32-19)31-11-16-17(12-31)21(16)18-10-27-30-28-18/h1-4,8-10,16-17,19,21H,5-7,11-12H2,(H,24,25,26)(H,27,28,30)/t16-,17+,19?,21?. The molecule has 0 bridgehead atoms. The minimum absolute atomic E-state index is 0.128. The summed E-state index contributed by atoms with van der Waals surface area (Å²) >= 11 is 5.93. The van der Waals surface area contributed by atoms with Gasteiger partial charge in [0, 0.05) is 48.5 Å². The minimum atomic E-state index is -0.128. The smallest absolute Gasteiger partial charge is 0.222 e. The maximum absolute atomic E-state index is 5.93. The first-order valence-corrected chi connectivity index (χ1v) is 11.3. The number of nitrogens with one attached hydrogen (secondary N) is 2. The van der Waals surface area contributed by atoms with E-state index in [9.17, 15) is 0 Å². The van der Waals surface area contributed by atoms with E-state index >= 15 is 0 Å². The number of hydrogen-bond donors (Lipinski definition) is 2. The number of oxime groups is 1. The number of aromatic amines is 1. The van der Waals surface area contributed by atoms with Crippen molar-refractivity contribution in [3.63, 3.8) is 0 Å². The van der Waals surface area contributed by atoms with E-state index in [0.29, 0.717) is 23.7 Å². The summed E-state index contributed by atoms with van der Waals surface area (Å²) in [5.41, 5.74) is 3.24. The van der Waals surface area contributed by atoms with Crippen LogP contribution in [0, 0.1) is 11.8 Å². The number of amidine groups is 1. The second-order valence-corrected chi connectivity index (χ2v) is 9.04. The van der Waals surface area contributed by atoms with E-state index in [-0.39, 0.29) is 6.10 Å². The summed E-state index contributed by atoms with van der Waals surface area (Å²) in [6, 6.07) is 7.86. The Balaban J connectivity index is 0.980. The lowest BCUT2D eigenvalue weighted by Gasteiger charge is -2.20. The SMILES string of the molecule is Clc1ccc(CCNc2ncc(C3CC(N4C[C@@H]5C(c6cn[nH]n6)[C@@H]5C4)=NO3)cn2)cc1. The summed E-state index contributed by atoms with van der Waals surface area (Å²) in [6.45, 7) is 2.76. The summed E-state index contributed by atoms with van der Waals surface area (Å²) in [7, 11) is 0. The molecule has 2 aliphatic heterocycles. The number of anilines is 1. The van der Waals surface area contributed by atoms with Gasteiger partial charge in [0.1, 0.15) is 5.84 Å². The van der Waals surface area contributed by atoms with Crippen molar-refractivity contribution in [3.05, 3.63) is 64.7 Å². The largest absolute Gasteiger partial charge is 0.386 e. The topological polar surface area (TPSA) is 104 Å². The van der Waals surface area contributed by atoms with E-state index in [1.165, 1.54) is 5.56 Å². The molecule has 6 rings (SSSR count). The number of H-pyrrole nitrogens is 1. The van der Waals surface area contributed by atoms with E-state index in [4.69, 9.17) is 16.4 Å². The van der Waals surface area contributed by atoms with E-state index in [1.54, 1.807) is 0 Å². The maximum Gasteiger partial charge on any atom is 0.222 e. The van der Waals surface area contributed by atoms with Gasteiger partial charge in [-0.05, 0) is 36.0 Å². The number of halogens is 1. The zero-order chi connectivity index (χ0) is 21.5. The van der Waals surface area contributed by atoms with Crippen molar-refractivity contribution in [3.8, 4) is 0 Å². The van der Waals surface area contributed by atoms with Crippen LogP contribution in [0.1, 0.15) is 35.3 Å². The van der Waals surface area contributed by atoms with Gasteiger partial charge in [-0.25, -0.2) is 9.97 Å². The fourth-order valence-corrected chi connectivity index (χ4v) is 4.97. The first-order chi connectivity index (χ1) is 15.7. The zero-order valence-electron chi connectivity index (χ0n) is 17.4. The van der Waals surface area contributed by atoms with Crippen LogP contribution in [-0.4, -0.2) is 55.7 Å². The van der Waals surface area contributed by atoms with Gasteiger partial charge < -0.3 is 15.1 Å². The van der Waals surface area contributed by atoms with Crippen molar-refractivity contribution < 1.29 is 4.84 Å². The molecule has 1 saturated carbocycles. The van der Waals surface area contributed by atoms with E-state index in [1.807, 2.05) is 42.9 Å². The number of hydrogen-bond acceptors (Lipinski definition) is 8. The molecule has 32 heavy (non-hydrogen) atoms. The highest BCUT2D eigenvalue weighted by Gasteiger charge is 2.58. The summed E-state index contributed by atoms with van der Waals surface area (Å²) < 4.78 is 0. The van der Waals surface area contributed by atoms with Crippen molar-refractivity contribution in [1.29, 1.82) is 0 Å². The van der Waals surface area contributed by atoms with Crippen molar-refractivity contribution in [2.45, 2.75) is 24.9 Å². The van der Waals surface area contributed by atoms with Crippen molar-refractivity contribution in [2.75, 3.05) is 25.0 Å². The molecule has 10 heteroatoms. The van der Waals surface area contributed by atoms with Crippen LogP contribution < -0.4 is 5.32 Å². The molecule has 3 aliphatic rings. The monoisotopic (exact) mass is 450 g/mol. The van der Waals surface area contributed by atoms with Gasteiger partial charge in [0.2, 0.25) is 5.95 Å². The third-order valence-electron chi connectivity index (χ3n) is 6.64. The van der Waals surface area contributed by atoms with Crippen LogP contribution in [0.4, 0.5) is 5.95 Å². The molecule has 2 N–H and O–H groups in total. The predicted octanol–water partition coefficient (Wildman–Crippen LogP) is 3.02. The van der Waals surface area contributed by atoms with Gasteiger partial charge in [-0.1, -0.05) is 28.9 Å². The van der Waals surface area contributed by atoms with Gasteiger partial charge >= 0.3 is 0 Å². The molecule has 0 amide bonds. The average molecular weight is 451 g/mol. The minimum Gasteiger partial charge on any atom is -0.386 e. The van der Waals surface area contributed by atoms with Crippen LogP contribution in [0.3, 0.4) is 0 Å². The molecule has 164 valence electrons. The molecule has 0 radical (unpaired) electrons. The fourth-order valence-electron chi connectivity index (χ4n) is 4.84. The van der Waals surface area contributed by atoms with Gasteiger partial charge in [0.25, 0.3) is 0 Å². The molecule has 1 aliphatic carbocycles. The van der Waals surface area contributed by atoms with E-state index in [2.05, 4.69) is 40.8 Å². The van der Waals surface area contributed by atoms with Gasteiger partial charge in [0.15, 0.2) is 6.10 Å². The Labute approximate surface area is 190 Å². The van der Waals surface area contributed by atoms with E-state index in [0.717, 1.165) is 54.6 Å². The highest BCUT2D eigenvalue weighted by atomic mass is 35.5. The molecular formula is C22H23ClN8O. The van der Waals surface area contributed by atoms with Crippen LogP contribution in [-0.2, 0) is 11.3 Å². The number of likely N-dealkylation sites (tertiary alicyclic amines) is 1. The second kappa shape index (κ2) is 8.05. The Bertz CT molecular complexity index is 1090. The van der Waals surface area contributed by atoms with Gasteiger partial charge in [-0.3, -0.25) is 0 Å². The Kier molecular flexibility index (Phi) is 4.90. The summed E-state index contributed by atoms with van der Waals surface area (Å²) in [5, 5.41) is 19.3. The second-order valence-electron chi connectivity index (χ2n) is 8.60. The first kappa shape index (κ1) is 19.5. The number of fused-ring (bicyclic) bond motifs is 1. The molecule has 2 unspecified atom stereocenters. The molecule has 1 saturated heterocycles. The third-order valence-corrected chi connectivity index (χ3v) is 6.89. The molecule has 1 aromatic carbocycles. The Hall–Kier alpha value is -3.20. The molecule has 4 atom stereocenters. The first-order valence-electron chi connectivity index (χ1n) is 10.9. The molecule has 4 heterocycles. The summed E-state index contributed by atoms with van der Waals surface area (Å²) in [6.07, 6.45) is 6.99. The van der Waals surface area contributed by atoms with Crippen LogP contribution in [0.2, 0.25) is 5.02 Å². The van der Waals surface area contributed by atoms with Gasteiger partial charge in [0.05, 0.1) is 18.3 Å². The van der Waals surface area contributed by atoms with Gasteiger partial charge in [-0.2, -0.15) is 15.4 Å². The summed E-state index contributed by atoms with van der Waals surface area (Å²) in [5.74, 6) is 3.45. The predicted molar refractivity (Wildman–Crippen MR) is 119 cm³/mol. The normalized spacial score (nSPS) is 25.9.